The minimum absolute atomic E-state index is 0.166. The van der Waals surface area contributed by atoms with Crippen LogP contribution in [-0.2, 0) is 37.0 Å². The second kappa shape index (κ2) is 12.4. The van der Waals surface area contributed by atoms with E-state index in [4.69, 9.17) is 14.2 Å². The molecular weight excluding hydrogens is 382 g/mol. The molecule has 0 fully saturated rings. The lowest BCUT2D eigenvalue weighted by Gasteiger charge is -2.25. The van der Waals surface area contributed by atoms with Crippen molar-refractivity contribution in [1.29, 1.82) is 0 Å². The van der Waals surface area contributed by atoms with Crippen LogP contribution in [0.4, 0.5) is 0 Å². The molecule has 2 atom stereocenters. The Bertz CT molecular complexity index is 835. The molecule has 2 aromatic rings. The SMILES string of the molecule is C=C[C@@H](OCc1ccccc1)[C@@H](OCc1ccccc1)C(=O)NC(=C)C(=O)OCC. The Morgan fingerprint density at radius 1 is 0.967 bits per heavy atom. The van der Waals surface area contributed by atoms with E-state index in [1.165, 1.54) is 6.08 Å². The Labute approximate surface area is 177 Å². The fourth-order valence-corrected chi connectivity index (χ4v) is 2.61. The third-order valence-electron chi connectivity index (χ3n) is 4.14. The maximum Gasteiger partial charge on any atom is 0.354 e. The van der Waals surface area contributed by atoms with Gasteiger partial charge < -0.3 is 19.5 Å². The van der Waals surface area contributed by atoms with Crippen molar-refractivity contribution in [3.8, 4) is 0 Å². The molecule has 1 amide bonds. The molecule has 6 nitrogen and oxygen atoms in total. The van der Waals surface area contributed by atoms with Crippen LogP contribution in [0.3, 0.4) is 0 Å². The highest BCUT2D eigenvalue weighted by molar-refractivity contribution is 5.94. The molecule has 0 spiro atoms. The summed E-state index contributed by atoms with van der Waals surface area (Å²) in [7, 11) is 0. The number of benzene rings is 2. The van der Waals surface area contributed by atoms with Crippen LogP contribution in [0.25, 0.3) is 0 Å². The summed E-state index contributed by atoms with van der Waals surface area (Å²) in [6.07, 6.45) is -0.285. The molecule has 6 heteroatoms. The summed E-state index contributed by atoms with van der Waals surface area (Å²) in [4.78, 5) is 24.7. The van der Waals surface area contributed by atoms with E-state index in [1.807, 2.05) is 60.7 Å². The van der Waals surface area contributed by atoms with E-state index >= 15 is 0 Å². The van der Waals surface area contributed by atoms with Gasteiger partial charge in [0.25, 0.3) is 5.91 Å². The molecule has 0 aromatic heterocycles. The van der Waals surface area contributed by atoms with Crippen LogP contribution in [0.15, 0.2) is 85.6 Å². The number of esters is 1. The summed E-state index contributed by atoms with van der Waals surface area (Å²) in [6.45, 7) is 9.65. The molecule has 0 heterocycles. The van der Waals surface area contributed by atoms with Crippen LogP contribution in [0.5, 0.6) is 0 Å². The predicted octanol–water partition coefficient (Wildman–Crippen LogP) is 3.54. The molecule has 0 aliphatic carbocycles. The average Bonchev–Trinajstić information content (AvgIpc) is 2.77. The zero-order chi connectivity index (χ0) is 21.8. The number of hydrogen-bond donors (Lipinski definition) is 1. The van der Waals surface area contributed by atoms with E-state index in [9.17, 15) is 9.59 Å². The minimum Gasteiger partial charge on any atom is -0.461 e. The van der Waals surface area contributed by atoms with Crippen LogP contribution in [0, 0.1) is 0 Å². The molecule has 0 radical (unpaired) electrons. The van der Waals surface area contributed by atoms with E-state index in [-0.39, 0.29) is 25.5 Å². The van der Waals surface area contributed by atoms with E-state index in [1.54, 1.807) is 6.92 Å². The summed E-state index contributed by atoms with van der Waals surface area (Å²) in [5, 5.41) is 2.45. The topological polar surface area (TPSA) is 73.9 Å². The molecular formula is C24H27NO5. The molecule has 30 heavy (non-hydrogen) atoms. The van der Waals surface area contributed by atoms with E-state index in [0.29, 0.717) is 0 Å². The number of amides is 1. The number of hydrogen-bond acceptors (Lipinski definition) is 5. The average molecular weight is 409 g/mol. The molecule has 0 aliphatic heterocycles. The van der Waals surface area contributed by atoms with Gasteiger partial charge in [-0.3, -0.25) is 4.79 Å². The van der Waals surface area contributed by atoms with Crippen molar-refractivity contribution < 1.29 is 23.8 Å². The van der Waals surface area contributed by atoms with Gasteiger partial charge in [0.15, 0.2) is 6.10 Å². The standard InChI is InChI=1S/C24H27NO5/c1-4-21(29-16-19-12-8-6-9-13-19)22(30-17-20-14-10-7-11-15-20)23(26)25-18(3)24(27)28-5-2/h4,6-15,21-22H,1,3,5,16-17H2,2H3,(H,25,26)/t21-,22-/m1/s1. The Balaban J connectivity index is 2.10. The lowest BCUT2D eigenvalue weighted by atomic mass is 10.1. The monoisotopic (exact) mass is 409 g/mol. The summed E-state index contributed by atoms with van der Waals surface area (Å²) in [6, 6.07) is 19.0. The van der Waals surface area contributed by atoms with Gasteiger partial charge in [-0.1, -0.05) is 73.3 Å². The van der Waals surface area contributed by atoms with Gasteiger partial charge in [-0.25, -0.2) is 4.79 Å². The van der Waals surface area contributed by atoms with Crippen molar-refractivity contribution >= 4 is 11.9 Å². The van der Waals surface area contributed by atoms with Crippen molar-refractivity contribution in [2.45, 2.75) is 32.3 Å². The van der Waals surface area contributed by atoms with Gasteiger partial charge in [0, 0.05) is 0 Å². The first kappa shape index (κ1) is 23.1. The molecule has 0 aliphatic rings. The Morgan fingerprint density at radius 2 is 1.50 bits per heavy atom. The highest BCUT2D eigenvalue weighted by Crippen LogP contribution is 2.14. The smallest absolute Gasteiger partial charge is 0.354 e. The lowest BCUT2D eigenvalue weighted by Crippen LogP contribution is -2.45. The van der Waals surface area contributed by atoms with E-state index in [2.05, 4.69) is 18.5 Å². The van der Waals surface area contributed by atoms with Crippen molar-refractivity contribution in [3.63, 3.8) is 0 Å². The molecule has 0 bridgehead atoms. The molecule has 0 saturated heterocycles. The van der Waals surface area contributed by atoms with Crippen LogP contribution >= 0.6 is 0 Å². The predicted molar refractivity (Wildman–Crippen MR) is 114 cm³/mol. The third-order valence-corrected chi connectivity index (χ3v) is 4.14. The summed E-state index contributed by atoms with van der Waals surface area (Å²) >= 11 is 0. The summed E-state index contributed by atoms with van der Waals surface area (Å²) < 4.78 is 16.6. The Morgan fingerprint density at radius 3 is 2.00 bits per heavy atom. The van der Waals surface area contributed by atoms with E-state index in [0.717, 1.165) is 11.1 Å². The number of carbonyl (C=O) groups is 2. The second-order valence-electron chi connectivity index (χ2n) is 6.40. The summed E-state index contributed by atoms with van der Waals surface area (Å²) in [5.74, 6) is -1.27. The normalized spacial score (nSPS) is 12.4. The zero-order valence-electron chi connectivity index (χ0n) is 17.1. The van der Waals surface area contributed by atoms with E-state index < -0.39 is 24.1 Å². The highest BCUT2D eigenvalue weighted by Gasteiger charge is 2.29. The lowest BCUT2D eigenvalue weighted by molar-refractivity contribution is -0.146. The molecule has 158 valence electrons. The van der Waals surface area contributed by atoms with Crippen molar-refractivity contribution in [3.05, 3.63) is 96.7 Å². The minimum atomic E-state index is -1.04. The van der Waals surface area contributed by atoms with Crippen molar-refractivity contribution in [2.24, 2.45) is 0 Å². The second-order valence-corrected chi connectivity index (χ2v) is 6.40. The molecule has 2 aromatic carbocycles. The van der Waals surface area contributed by atoms with Crippen LogP contribution in [-0.4, -0.2) is 30.7 Å². The molecule has 1 N–H and O–H groups in total. The van der Waals surface area contributed by atoms with Gasteiger partial charge >= 0.3 is 5.97 Å². The van der Waals surface area contributed by atoms with Gasteiger partial charge in [0.2, 0.25) is 0 Å². The number of nitrogens with one attached hydrogen (secondary N) is 1. The van der Waals surface area contributed by atoms with Gasteiger partial charge in [-0.2, -0.15) is 0 Å². The summed E-state index contributed by atoms with van der Waals surface area (Å²) in [5.41, 5.74) is 1.67. The number of rotatable bonds is 12. The maximum absolute atomic E-state index is 12.9. The quantitative estimate of drug-likeness (QED) is 0.330. The first-order chi connectivity index (χ1) is 14.5. The van der Waals surface area contributed by atoms with Gasteiger partial charge in [-0.05, 0) is 18.1 Å². The van der Waals surface area contributed by atoms with Crippen molar-refractivity contribution in [1.82, 2.24) is 5.32 Å². The van der Waals surface area contributed by atoms with Crippen LogP contribution in [0.2, 0.25) is 0 Å². The fourth-order valence-electron chi connectivity index (χ4n) is 2.61. The largest absolute Gasteiger partial charge is 0.461 e. The van der Waals surface area contributed by atoms with Crippen LogP contribution in [0.1, 0.15) is 18.1 Å². The van der Waals surface area contributed by atoms with Gasteiger partial charge in [0.05, 0.1) is 19.8 Å². The van der Waals surface area contributed by atoms with Crippen molar-refractivity contribution in [2.75, 3.05) is 6.61 Å². The highest BCUT2D eigenvalue weighted by atomic mass is 16.5. The Kier molecular flexibility index (Phi) is 9.51. The van der Waals surface area contributed by atoms with Crippen LogP contribution < -0.4 is 5.32 Å². The number of ether oxygens (including phenoxy) is 3. The van der Waals surface area contributed by atoms with Gasteiger partial charge in [-0.15, -0.1) is 6.58 Å². The number of carbonyl (C=O) groups excluding carboxylic acids is 2. The Hall–Kier alpha value is -3.22. The molecule has 2 rings (SSSR count). The molecule has 0 unspecified atom stereocenters. The fraction of sp³-hybridized carbons (Fsp3) is 0.250. The first-order valence-electron chi connectivity index (χ1n) is 9.65. The molecule has 0 saturated carbocycles. The zero-order valence-corrected chi connectivity index (χ0v) is 17.1. The third kappa shape index (κ3) is 7.31. The first-order valence-corrected chi connectivity index (χ1v) is 9.65. The maximum atomic E-state index is 12.9. The van der Waals surface area contributed by atoms with Gasteiger partial charge in [0.1, 0.15) is 11.8 Å².